The highest BCUT2D eigenvalue weighted by atomic mass is 32.1. The normalized spacial score (nSPS) is 10.4. The zero-order valence-electron chi connectivity index (χ0n) is 9.10. The number of ether oxygens (including phenoxy) is 1. The van der Waals surface area contributed by atoms with Gasteiger partial charge in [-0.15, -0.1) is 11.3 Å². The summed E-state index contributed by atoms with van der Waals surface area (Å²) in [5.41, 5.74) is 0.219. The van der Waals surface area contributed by atoms with E-state index in [0.29, 0.717) is 4.88 Å². The van der Waals surface area contributed by atoms with Crippen molar-refractivity contribution in [1.82, 2.24) is 0 Å². The number of amides is 1. The van der Waals surface area contributed by atoms with E-state index < -0.39 is 6.61 Å². The van der Waals surface area contributed by atoms with Crippen LogP contribution in [0.4, 0.5) is 14.5 Å². The van der Waals surface area contributed by atoms with E-state index in [2.05, 4.69) is 10.1 Å². The molecule has 1 amide bonds. The lowest BCUT2D eigenvalue weighted by molar-refractivity contribution is -0.0493. The van der Waals surface area contributed by atoms with Crippen molar-refractivity contribution < 1.29 is 18.3 Å². The van der Waals surface area contributed by atoms with E-state index >= 15 is 0 Å². The molecule has 0 aliphatic rings. The molecule has 0 atom stereocenters. The largest absolute Gasteiger partial charge is 0.433 e. The summed E-state index contributed by atoms with van der Waals surface area (Å²) in [5.74, 6) is -0.410. The van der Waals surface area contributed by atoms with Crippen LogP contribution in [0.3, 0.4) is 0 Å². The fourth-order valence-corrected chi connectivity index (χ4v) is 1.98. The molecule has 6 heteroatoms. The average molecular weight is 269 g/mol. The van der Waals surface area contributed by atoms with Crippen molar-refractivity contribution in [3.05, 3.63) is 46.7 Å². The Morgan fingerprint density at radius 3 is 2.67 bits per heavy atom. The molecule has 2 rings (SSSR count). The second-order valence-corrected chi connectivity index (χ2v) is 4.25. The molecule has 0 saturated carbocycles. The van der Waals surface area contributed by atoms with Gasteiger partial charge in [0.2, 0.25) is 0 Å². The number of nitrogens with one attached hydrogen (secondary N) is 1. The van der Waals surface area contributed by atoms with Gasteiger partial charge in [0.1, 0.15) is 5.75 Å². The molecule has 1 N–H and O–H groups in total. The summed E-state index contributed by atoms with van der Waals surface area (Å²) in [5, 5.41) is 4.29. The number of benzene rings is 1. The van der Waals surface area contributed by atoms with Crippen molar-refractivity contribution in [3.8, 4) is 5.75 Å². The zero-order valence-corrected chi connectivity index (χ0v) is 9.92. The number of rotatable bonds is 4. The Morgan fingerprint density at radius 1 is 1.22 bits per heavy atom. The van der Waals surface area contributed by atoms with Crippen LogP contribution in [0.15, 0.2) is 41.8 Å². The summed E-state index contributed by atoms with van der Waals surface area (Å²) in [6.07, 6.45) is 0. The summed E-state index contributed by atoms with van der Waals surface area (Å²) in [7, 11) is 0. The molecule has 0 fully saturated rings. The van der Waals surface area contributed by atoms with Gasteiger partial charge >= 0.3 is 6.61 Å². The van der Waals surface area contributed by atoms with E-state index in [0.717, 1.165) is 0 Å². The van der Waals surface area contributed by atoms with E-state index in [-0.39, 0.29) is 17.3 Å². The minimum atomic E-state index is -2.93. The second kappa shape index (κ2) is 5.59. The van der Waals surface area contributed by atoms with Crippen molar-refractivity contribution in [2.45, 2.75) is 6.61 Å². The van der Waals surface area contributed by atoms with Gasteiger partial charge in [0.05, 0.1) is 10.6 Å². The molecular formula is C12H9F2NO2S. The van der Waals surface area contributed by atoms with Gasteiger partial charge in [0, 0.05) is 0 Å². The second-order valence-electron chi connectivity index (χ2n) is 3.31. The summed E-state index contributed by atoms with van der Waals surface area (Å²) < 4.78 is 28.7. The van der Waals surface area contributed by atoms with Crippen molar-refractivity contribution >= 4 is 22.9 Å². The Balaban J connectivity index is 2.16. The molecule has 18 heavy (non-hydrogen) atoms. The van der Waals surface area contributed by atoms with Gasteiger partial charge in [-0.05, 0) is 23.6 Å². The maximum absolute atomic E-state index is 12.2. The molecular weight excluding hydrogens is 260 g/mol. The highest BCUT2D eigenvalue weighted by Gasteiger charge is 2.12. The van der Waals surface area contributed by atoms with Gasteiger partial charge in [-0.25, -0.2) is 0 Å². The standard InChI is InChI=1S/C12H9F2NO2S/c13-12(14)17-9-5-2-1-4-8(9)15-11(16)10-6-3-7-18-10/h1-7,12H,(H,15,16). The van der Waals surface area contributed by atoms with Gasteiger partial charge in [0.15, 0.2) is 0 Å². The topological polar surface area (TPSA) is 38.3 Å². The van der Waals surface area contributed by atoms with Gasteiger partial charge in [-0.1, -0.05) is 18.2 Å². The molecule has 0 saturated heterocycles. The number of para-hydroxylation sites is 2. The Bertz CT molecular complexity index is 529. The Kier molecular flexibility index (Phi) is 3.88. The molecule has 0 spiro atoms. The molecule has 1 aromatic carbocycles. The van der Waals surface area contributed by atoms with Crippen LogP contribution in [0.25, 0.3) is 0 Å². The number of hydrogen-bond donors (Lipinski definition) is 1. The first-order valence-electron chi connectivity index (χ1n) is 5.05. The number of anilines is 1. The van der Waals surface area contributed by atoms with Crippen LogP contribution < -0.4 is 10.1 Å². The lowest BCUT2D eigenvalue weighted by Gasteiger charge is -2.10. The SMILES string of the molecule is O=C(Nc1ccccc1OC(F)F)c1cccs1. The summed E-state index contributed by atoms with van der Waals surface area (Å²) >= 11 is 1.27. The van der Waals surface area contributed by atoms with Crippen LogP contribution in [-0.4, -0.2) is 12.5 Å². The van der Waals surface area contributed by atoms with E-state index in [9.17, 15) is 13.6 Å². The van der Waals surface area contributed by atoms with Crippen LogP contribution in [0.5, 0.6) is 5.75 Å². The van der Waals surface area contributed by atoms with E-state index in [1.807, 2.05) is 0 Å². The van der Waals surface area contributed by atoms with Crippen molar-refractivity contribution in [2.75, 3.05) is 5.32 Å². The molecule has 0 aliphatic carbocycles. The number of halogens is 2. The van der Waals surface area contributed by atoms with E-state index in [1.165, 1.54) is 23.5 Å². The van der Waals surface area contributed by atoms with Crippen molar-refractivity contribution in [3.63, 3.8) is 0 Å². The first kappa shape index (κ1) is 12.5. The quantitative estimate of drug-likeness (QED) is 0.921. The van der Waals surface area contributed by atoms with Gasteiger partial charge < -0.3 is 10.1 Å². The molecule has 0 aliphatic heterocycles. The van der Waals surface area contributed by atoms with E-state index in [4.69, 9.17) is 0 Å². The lowest BCUT2D eigenvalue weighted by Crippen LogP contribution is -2.12. The average Bonchev–Trinajstić information content (AvgIpc) is 2.84. The maximum atomic E-state index is 12.2. The molecule has 1 heterocycles. The third-order valence-corrected chi connectivity index (χ3v) is 2.96. The molecule has 3 nitrogen and oxygen atoms in total. The van der Waals surface area contributed by atoms with Crippen LogP contribution in [-0.2, 0) is 0 Å². The van der Waals surface area contributed by atoms with Crippen LogP contribution in [0.1, 0.15) is 9.67 Å². The van der Waals surface area contributed by atoms with Crippen LogP contribution in [0, 0.1) is 0 Å². The minimum absolute atomic E-state index is 0.0580. The fourth-order valence-electron chi connectivity index (χ4n) is 1.36. The first-order chi connectivity index (χ1) is 8.66. The monoisotopic (exact) mass is 269 g/mol. The summed E-state index contributed by atoms with van der Waals surface area (Å²) in [4.78, 5) is 12.3. The molecule has 1 aromatic heterocycles. The summed E-state index contributed by atoms with van der Waals surface area (Å²) in [6, 6.07) is 9.44. The highest BCUT2D eigenvalue weighted by molar-refractivity contribution is 7.12. The first-order valence-corrected chi connectivity index (χ1v) is 5.93. The molecule has 0 unspecified atom stereocenters. The zero-order chi connectivity index (χ0) is 13.0. The number of hydrogen-bond acceptors (Lipinski definition) is 3. The lowest BCUT2D eigenvalue weighted by atomic mass is 10.3. The number of alkyl halides is 2. The van der Waals surface area contributed by atoms with Crippen LogP contribution >= 0.6 is 11.3 Å². The molecule has 0 bridgehead atoms. The highest BCUT2D eigenvalue weighted by Crippen LogP contribution is 2.26. The molecule has 0 radical (unpaired) electrons. The molecule has 94 valence electrons. The number of carbonyl (C=O) groups is 1. The third kappa shape index (κ3) is 3.04. The van der Waals surface area contributed by atoms with Gasteiger partial charge in [-0.3, -0.25) is 4.79 Å². The summed E-state index contributed by atoms with van der Waals surface area (Å²) in [6.45, 7) is -2.93. The molecule has 2 aromatic rings. The maximum Gasteiger partial charge on any atom is 0.387 e. The number of carbonyl (C=O) groups excluding carboxylic acids is 1. The van der Waals surface area contributed by atoms with Crippen LogP contribution in [0.2, 0.25) is 0 Å². The predicted octanol–water partition coefficient (Wildman–Crippen LogP) is 3.60. The minimum Gasteiger partial charge on any atom is -0.433 e. The Hall–Kier alpha value is -1.95. The van der Waals surface area contributed by atoms with Crippen molar-refractivity contribution in [2.24, 2.45) is 0 Å². The van der Waals surface area contributed by atoms with Gasteiger partial charge in [0.25, 0.3) is 5.91 Å². The van der Waals surface area contributed by atoms with E-state index in [1.54, 1.807) is 29.6 Å². The predicted molar refractivity (Wildman–Crippen MR) is 65.3 cm³/mol. The number of thiophene rings is 1. The van der Waals surface area contributed by atoms with Gasteiger partial charge in [-0.2, -0.15) is 8.78 Å². The smallest absolute Gasteiger partial charge is 0.387 e. The van der Waals surface area contributed by atoms with Crippen molar-refractivity contribution in [1.29, 1.82) is 0 Å². The fraction of sp³-hybridized carbons (Fsp3) is 0.0833. The third-order valence-electron chi connectivity index (χ3n) is 2.10. The Morgan fingerprint density at radius 2 is 2.00 bits per heavy atom. The Labute approximate surface area is 106 Å².